The molecule has 5 nitrogen and oxygen atoms in total. The summed E-state index contributed by atoms with van der Waals surface area (Å²) in [4.78, 5) is 23.0. The second-order valence-corrected chi connectivity index (χ2v) is 5.08. The van der Waals surface area contributed by atoms with E-state index in [1.54, 1.807) is 12.1 Å². The van der Waals surface area contributed by atoms with Crippen LogP contribution in [0.2, 0.25) is 0 Å². The Morgan fingerprint density at radius 3 is 2.63 bits per heavy atom. The fraction of sp³-hybridized carbons (Fsp3) is 0.385. The van der Waals surface area contributed by atoms with Crippen molar-refractivity contribution in [2.24, 2.45) is 0 Å². The number of aliphatic carboxylic acids is 1. The summed E-state index contributed by atoms with van der Waals surface area (Å²) in [6.07, 6.45) is 0.227. The molecule has 1 aromatic carbocycles. The molecule has 1 aromatic rings. The van der Waals surface area contributed by atoms with Gasteiger partial charge in [-0.05, 0) is 30.7 Å². The van der Waals surface area contributed by atoms with Crippen molar-refractivity contribution < 1.29 is 19.4 Å². The molecule has 1 rings (SSSR count). The number of halogens is 1. The summed E-state index contributed by atoms with van der Waals surface area (Å²) in [5.74, 6) is -1.48. The molecule has 0 saturated carbocycles. The predicted octanol–water partition coefficient (Wildman–Crippen LogP) is 1.98. The van der Waals surface area contributed by atoms with Crippen molar-refractivity contribution >= 4 is 27.8 Å². The number of ether oxygens (including phenoxy) is 1. The molecule has 0 aromatic heterocycles. The zero-order valence-electron chi connectivity index (χ0n) is 10.8. The molecule has 0 bridgehead atoms. The van der Waals surface area contributed by atoms with Gasteiger partial charge < -0.3 is 15.2 Å². The Labute approximate surface area is 120 Å². The van der Waals surface area contributed by atoms with Crippen LogP contribution in [0.25, 0.3) is 0 Å². The summed E-state index contributed by atoms with van der Waals surface area (Å²) < 4.78 is 5.60. The molecule has 0 aliphatic heterocycles. The van der Waals surface area contributed by atoms with Crippen LogP contribution in [0.5, 0.6) is 0 Å². The molecule has 0 spiro atoms. The molecule has 1 amide bonds. The Hall–Kier alpha value is -1.40. The van der Waals surface area contributed by atoms with Gasteiger partial charge in [-0.2, -0.15) is 0 Å². The molecular formula is C13H16BrNO4. The van der Waals surface area contributed by atoms with Gasteiger partial charge in [0.25, 0.3) is 5.91 Å². The van der Waals surface area contributed by atoms with Crippen LogP contribution >= 0.6 is 15.9 Å². The third-order valence-corrected chi connectivity index (χ3v) is 2.98. The first-order chi connectivity index (χ1) is 8.93. The Kier molecular flexibility index (Phi) is 5.98. The summed E-state index contributed by atoms with van der Waals surface area (Å²) in [6.45, 7) is 2.13. The van der Waals surface area contributed by atoms with Gasteiger partial charge in [0.05, 0.1) is 0 Å². The lowest BCUT2D eigenvalue weighted by Crippen LogP contribution is -2.41. The van der Waals surface area contributed by atoms with E-state index < -0.39 is 17.9 Å². The smallest absolute Gasteiger partial charge is 0.326 e. The Morgan fingerprint density at radius 2 is 2.11 bits per heavy atom. The highest BCUT2D eigenvalue weighted by Gasteiger charge is 2.20. The largest absolute Gasteiger partial charge is 0.480 e. The number of amides is 1. The minimum absolute atomic E-state index is 0.227. The van der Waals surface area contributed by atoms with Gasteiger partial charge in [-0.1, -0.05) is 15.9 Å². The van der Waals surface area contributed by atoms with Gasteiger partial charge >= 0.3 is 5.97 Å². The highest BCUT2D eigenvalue weighted by atomic mass is 79.9. The molecule has 0 saturated heterocycles. The molecule has 0 radical (unpaired) electrons. The minimum atomic E-state index is -1.07. The highest BCUT2D eigenvalue weighted by molar-refractivity contribution is 9.10. The van der Waals surface area contributed by atoms with Crippen LogP contribution in [-0.4, -0.2) is 36.7 Å². The van der Waals surface area contributed by atoms with Crippen LogP contribution in [0.15, 0.2) is 22.7 Å². The summed E-state index contributed by atoms with van der Waals surface area (Å²) >= 11 is 3.30. The van der Waals surface area contributed by atoms with Crippen molar-refractivity contribution in [1.82, 2.24) is 5.32 Å². The zero-order chi connectivity index (χ0) is 14.4. The SMILES string of the molecule is COCCC(NC(=O)c1cc(C)cc(Br)c1)C(=O)O. The van der Waals surface area contributed by atoms with Gasteiger partial charge in [-0.15, -0.1) is 0 Å². The average molecular weight is 330 g/mol. The molecule has 1 atom stereocenters. The lowest BCUT2D eigenvalue weighted by Gasteiger charge is -2.14. The normalized spacial score (nSPS) is 11.9. The maximum absolute atomic E-state index is 12.0. The molecule has 0 aliphatic carbocycles. The van der Waals surface area contributed by atoms with Gasteiger partial charge in [0, 0.05) is 30.2 Å². The van der Waals surface area contributed by atoms with E-state index in [0.717, 1.165) is 10.0 Å². The lowest BCUT2D eigenvalue weighted by molar-refractivity contribution is -0.139. The van der Waals surface area contributed by atoms with Crippen LogP contribution in [0.4, 0.5) is 0 Å². The second kappa shape index (κ2) is 7.25. The third kappa shape index (κ3) is 5.00. The van der Waals surface area contributed by atoms with Crippen molar-refractivity contribution in [3.63, 3.8) is 0 Å². The van der Waals surface area contributed by atoms with Gasteiger partial charge in [0.1, 0.15) is 6.04 Å². The maximum atomic E-state index is 12.0. The molecule has 2 N–H and O–H groups in total. The van der Waals surface area contributed by atoms with E-state index in [4.69, 9.17) is 9.84 Å². The van der Waals surface area contributed by atoms with Crippen LogP contribution < -0.4 is 5.32 Å². The number of carboxylic acid groups (broad SMARTS) is 1. The number of carboxylic acids is 1. The number of nitrogens with one attached hydrogen (secondary N) is 1. The van der Waals surface area contributed by atoms with Crippen molar-refractivity contribution in [2.75, 3.05) is 13.7 Å². The van der Waals surface area contributed by atoms with E-state index >= 15 is 0 Å². The third-order valence-electron chi connectivity index (χ3n) is 2.52. The van der Waals surface area contributed by atoms with E-state index in [1.807, 2.05) is 13.0 Å². The zero-order valence-corrected chi connectivity index (χ0v) is 12.4. The average Bonchev–Trinajstić information content (AvgIpc) is 2.32. The molecule has 0 fully saturated rings. The van der Waals surface area contributed by atoms with Crippen LogP contribution in [0.3, 0.4) is 0 Å². The Balaban J connectivity index is 2.78. The number of aryl methyl sites for hydroxylation is 1. The summed E-state index contributed by atoms with van der Waals surface area (Å²) in [6, 6.07) is 4.27. The molecule has 1 unspecified atom stereocenters. The van der Waals surface area contributed by atoms with Gasteiger partial charge in [-0.3, -0.25) is 4.79 Å². The number of benzene rings is 1. The van der Waals surface area contributed by atoms with E-state index in [1.165, 1.54) is 7.11 Å². The fourth-order valence-corrected chi connectivity index (χ4v) is 2.21. The molecule has 104 valence electrons. The topological polar surface area (TPSA) is 75.6 Å². The number of rotatable bonds is 6. The summed E-state index contributed by atoms with van der Waals surface area (Å²) in [5.41, 5.74) is 1.35. The molecule has 19 heavy (non-hydrogen) atoms. The second-order valence-electron chi connectivity index (χ2n) is 4.16. The summed E-state index contributed by atoms with van der Waals surface area (Å²) in [5, 5.41) is 11.5. The van der Waals surface area contributed by atoms with Crippen LogP contribution in [0.1, 0.15) is 22.3 Å². The quantitative estimate of drug-likeness (QED) is 0.836. The first-order valence-corrected chi connectivity index (χ1v) is 6.53. The Morgan fingerprint density at radius 1 is 1.42 bits per heavy atom. The maximum Gasteiger partial charge on any atom is 0.326 e. The standard InChI is InChI=1S/C13H16BrNO4/c1-8-5-9(7-10(14)6-8)12(16)15-11(13(17)18)3-4-19-2/h5-7,11H,3-4H2,1-2H3,(H,15,16)(H,17,18). The van der Waals surface area contributed by atoms with Gasteiger partial charge in [-0.25, -0.2) is 4.79 Å². The minimum Gasteiger partial charge on any atom is -0.480 e. The molecule has 0 heterocycles. The van der Waals surface area contributed by atoms with Crippen LogP contribution in [-0.2, 0) is 9.53 Å². The number of carbonyl (C=O) groups is 2. The van der Waals surface area contributed by atoms with E-state index in [9.17, 15) is 9.59 Å². The predicted molar refractivity (Wildman–Crippen MR) is 74.3 cm³/mol. The van der Waals surface area contributed by atoms with Crippen molar-refractivity contribution in [3.8, 4) is 0 Å². The van der Waals surface area contributed by atoms with E-state index in [2.05, 4.69) is 21.2 Å². The Bertz CT molecular complexity index is 455. The first-order valence-electron chi connectivity index (χ1n) is 5.74. The van der Waals surface area contributed by atoms with E-state index in [0.29, 0.717) is 5.56 Å². The number of hydrogen-bond donors (Lipinski definition) is 2. The molecule has 0 aliphatic rings. The van der Waals surface area contributed by atoms with Crippen molar-refractivity contribution in [1.29, 1.82) is 0 Å². The summed E-state index contributed by atoms with van der Waals surface area (Å²) in [7, 11) is 1.48. The monoisotopic (exact) mass is 329 g/mol. The number of carbonyl (C=O) groups excluding carboxylic acids is 1. The van der Waals surface area contributed by atoms with Gasteiger partial charge in [0.2, 0.25) is 0 Å². The lowest BCUT2D eigenvalue weighted by atomic mass is 10.1. The van der Waals surface area contributed by atoms with E-state index in [-0.39, 0.29) is 13.0 Å². The van der Waals surface area contributed by atoms with Crippen molar-refractivity contribution in [3.05, 3.63) is 33.8 Å². The first kappa shape index (κ1) is 15.7. The number of methoxy groups -OCH3 is 1. The highest BCUT2D eigenvalue weighted by Crippen LogP contribution is 2.15. The van der Waals surface area contributed by atoms with Gasteiger partial charge in [0.15, 0.2) is 0 Å². The fourth-order valence-electron chi connectivity index (χ4n) is 1.60. The van der Waals surface area contributed by atoms with Crippen molar-refractivity contribution in [2.45, 2.75) is 19.4 Å². The van der Waals surface area contributed by atoms with Crippen LogP contribution in [0, 0.1) is 6.92 Å². The molecule has 6 heteroatoms. The number of hydrogen-bond acceptors (Lipinski definition) is 3. The molecular weight excluding hydrogens is 314 g/mol.